The SMILES string of the molecule is CC(C)[C@@H](N)c1nc(Cc2ccccc2)no1. The first-order valence-electron chi connectivity index (χ1n) is 5.79. The molecule has 0 spiro atoms. The van der Waals surface area contributed by atoms with Crippen molar-refractivity contribution in [3.8, 4) is 0 Å². The second-order valence-electron chi connectivity index (χ2n) is 4.48. The maximum absolute atomic E-state index is 5.95. The monoisotopic (exact) mass is 231 g/mol. The zero-order valence-corrected chi connectivity index (χ0v) is 10.1. The Morgan fingerprint density at radius 3 is 2.59 bits per heavy atom. The molecule has 0 bridgehead atoms. The Labute approximate surface area is 101 Å². The van der Waals surface area contributed by atoms with Crippen LogP contribution in [0.4, 0.5) is 0 Å². The molecule has 1 atom stereocenters. The predicted molar refractivity (Wildman–Crippen MR) is 65.3 cm³/mol. The molecule has 0 saturated heterocycles. The van der Waals surface area contributed by atoms with Gasteiger partial charge in [-0.1, -0.05) is 49.3 Å². The van der Waals surface area contributed by atoms with E-state index in [2.05, 4.69) is 10.1 Å². The number of nitrogens with zero attached hydrogens (tertiary/aromatic N) is 2. The van der Waals surface area contributed by atoms with E-state index in [-0.39, 0.29) is 6.04 Å². The van der Waals surface area contributed by atoms with Crippen LogP contribution in [0, 0.1) is 5.92 Å². The maximum atomic E-state index is 5.95. The zero-order chi connectivity index (χ0) is 12.3. The molecule has 0 aliphatic heterocycles. The lowest BCUT2D eigenvalue weighted by Gasteiger charge is -2.09. The van der Waals surface area contributed by atoms with Crippen molar-refractivity contribution in [1.82, 2.24) is 10.1 Å². The lowest BCUT2D eigenvalue weighted by atomic mass is 10.1. The fraction of sp³-hybridized carbons (Fsp3) is 0.385. The summed E-state index contributed by atoms with van der Waals surface area (Å²) in [6.07, 6.45) is 0.676. The van der Waals surface area contributed by atoms with Gasteiger partial charge in [0.2, 0.25) is 5.89 Å². The maximum Gasteiger partial charge on any atom is 0.243 e. The minimum absolute atomic E-state index is 0.188. The molecule has 1 heterocycles. The number of benzene rings is 1. The first-order chi connectivity index (χ1) is 8.16. The van der Waals surface area contributed by atoms with Crippen LogP contribution in [0.1, 0.15) is 37.2 Å². The lowest BCUT2D eigenvalue weighted by Crippen LogP contribution is -2.17. The van der Waals surface area contributed by atoms with Gasteiger partial charge in [-0.05, 0) is 11.5 Å². The van der Waals surface area contributed by atoms with Gasteiger partial charge in [-0.3, -0.25) is 0 Å². The van der Waals surface area contributed by atoms with Gasteiger partial charge in [0, 0.05) is 6.42 Å². The minimum Gasteiger partial charge on any atom is -0.338 e. The van der Waals surface area contributed by atoms with E-state index in [0.29, 0.717) is 24.1 Å². The second-order valence-corrected chi connectivity index (χ2v) is 4.48. The summed E-state index contributed by atoms with van der Waals surface area (Å²) in [5.41, 5.74) is 7.11. The van der Waals surface area contributed by atoms with Crippen molar-refractivity contribution in [1.29, 1.82) is 0 Å². The van der Waals surface area contributed by atoms with Crippen molar-refractivity contribution in [2.75, 3.05) is 0 Å². The molecule has 0 radical (unpaired) electrons. The summed E-state index contributed by atoms with van der Waals surface area (Å²) >= 11 is 0. The third-order valence-electron chi connectivity index (χ3n) is 2.69. The molecule has 0 aliphatic carbocycles. The van der Waals surface area contributed by atoms with Crippen LogP contribution in [-0.2, 0) is 6.42 Å². The van der Waals surface area contributed by atoms with E-state index in [1.165, 1.54) is 0 Å². The summed E-state index contributed by atoms with van der Waals surface area (Å²) in [5.74, 6) is 1.49. The third kappa shape index (κ3) is 2.91. The van der Waals surface area contributed by atoms with Gasteiger partial charge in [0.25, 0.3) is 0 Å². The van der Waals surface area contributed by atoms with Gasteiger partial charge < -0.3 is 10.3 Å². The molecule has 0 fully saturated rings. The van der Waals surface area contributed by atoms with Crippen molar-refractivity contribution < 1.29 is 4.52 Å². The molecule has 17 heavy (non-hydrogen) atoms. The highest BCUT2D eigenvalue weighted by molar-refractivity contribution is 5.18. The number of hydrogen-bond donors (Lipinski definition) is 1. The third-order valence-corrected chi connectivity index (χ3v) is 2.69. The molecular formula is C13H17N3O. The van der Waals surface area contributed by atoms with Gasteiger partial charge in [0.1, 0.15) is 0 Å². The van der Waals surface area contributed by atoms with Gasteiger partial charge in [-0.15, -0.1) is 0 Å². The molecule has 0 amide bonds. The zero-order valence-electron chi connectivity index (χ0n) is 10.1. The van der Waals surface area contributed by atoms with Gasteiger partial charge in [0.15, 0.2) is 5.82 Å². The normalized spacial score (nSPS) is 12.9. The van der Waals surface area contributed by atoms with Crippen LogP contribution >= 0.6 is 0 Å². The summed E-state index contributed by atoms with van der Waals surface area (Å²) < 4.78 is 5.17. The fourth-order valence-corrected chi connectivity index (χ4v) is 1.54. The van der Waals surface area contributed by atoms with Crippen LogP contribution in [-0.4, -0.2) is 10.1 Å². The predicted octanol–water partition coefficient (Wildman–Crippen LogP) is 2.32. The first-order valence-corrected chi connectivity index (χ1v) is 5.79. The van der Waals surface area contributed by atoms with Gasteiger partial charge >= 0.3 is 0 Å². The van der Waals surface area contributed by atoms with Crippen LogP contribution in [0.25, 0.3) is 0 Å². The number of hydrogen-bond acceptors (Lipinski definition) is 4. The van der Waals surface area contributed by atoms with E-state index in [0.717, 1.165) is 5.56 Å². The molecule has 1 aromatic carbocycles. The Morgan fingerprint density at radius 1 is 1.24 bits per heavy atom. The van der Waals surface area contributed by atoms with Crippen LogP contribution in [0.2, 0.25) is 0 Å². The van der Waals surface area contributed by atoms with Crippen molar-refractivity contribution in [3.63, 3.8) is 0 Å². The summed E-state index contributed by atoms with van der Waals surface area (Å²) in [7, 11) is 0. The number of rotatable bonds is 4. The van der Waals surface area contributed by atoms with Crippen molar-refractivity contribution in [2.24, 2.45) is 11.7 Å². The van der Waals surface area contributed by atoms with Gasteiger partial charge in [-0.25, -0.2) is 0 Å². The lowest BCUT2D eigenvalue weighted by molar-refractivity contribution is 0.322. The van der Waals surface area contributed by atoms with Crippen LogP contribution in [0.3, 0.4) is 0 Å². The Kier molecular flexibility index (Phi) is 3.54. The van der Waals surface area contributed by atoms with Crippen LogP contribution in [0.5, 0.6) is 0 Å². The van der Waals surface area contributed by atoms with Crippen LogP contribution in [0.15, 0.2) is 34.9 Å². The highest BCUT2D eigenvalue weighted by Gasteiger charge is 2.17. The molecule has 0 unspecified atom stereocenters. The Balaban J connectivity index is 2.09. The summed E-state index contributed by atoms with van der Waals surface area (Å²) in [6, 6.07) is 9.87. The molecule has 0 saturated carbocycles. The smallest absolute Gasteiger partial charge is 0.243 e. The summed E-state index contributed by atoms with van der Waals surface area (Å²) in [4.78, 5) is 4.32. The van der Waals surface area contributed by atoms with Crippen molar-refractivity contribution in [3.05, 3.63) is 47.6 Å². The molecule has 2 aromatic rings. The number of nitrogens with two attached hydrogens (primary N) is 1. The van der Waals surface area contributed by atoms with E-state index < -0.39 is 0 Å². The van der Waals surface area contributed by atoms with E-state index in [9.17, 15) is 0 Å². The average Bonchev–Trinajstić information content (AvgIpc) is 2.77. The second kappa shape index (κ2) is 5.10. The highest BCUT2D eigenvalue weighted by Crippen LogP contribution is 2.17. The quantitative estimate of drug-likeness (QED) is 0.877. The van der Waals surface area contributed by atoms with E-state index in [4.69, 9.17) is 10.3 Å². The van der Waals surface area contributed by atoms with Crippen molar-refractivity contribution >= 4 is 0 Å². The van der Waals surface area contributed by atoms with Gasteiger partial charge in [-0.2, -0.15) is 4.98 Å². The van der Waals surface area contributed by atoms with E-state index >= 15 is 0 Å². The van der Waals surface area contributed by atoms with E-state index in [1.807, 2.05) is 44.2 Å². The Bertz CT molecular complexity index is 465. The highest BCUT2D eigenvalue weighted by atomic mass is 16.5. The standard InChI is InChI=1S/C13H17N3O/c1-9(2)12(14)13-15-11(16-17-13)8-10-6-4-3-5-7-10/h3-7,9,12H,8,14H2,1-2H3/t12-/m1/s1. The largest absolute Gasteiger partial charge is 0.338 e. The molecular weight excluding hydrogens is 214 g/mol. The minimum atomic E-state index is -0.188. The number of aromatic nitrogens is 2. The molecule has 90 valence electrons. The topological polar surface area (TPSA) is 64.9 Å². The Morgan fingerprint density at radius 2 is 1.94 bits per heavy atom. The average molecular weight is 231 g/mol. The molecule has 4 nitrogen and oxygen atoms in total. The summed E-state index contributed by atoms with van der Waals surface area (Å²) in [5, 5.41) is 3.95. The van der Waals surface area contributed by atoms with Crippen LogP contribution < -0.4 is 5.73 Å². The summed E-state index contributed by atoms with van der Waals surface area (Å²) in [6.45, 7) is 4.07. The first kappa shape index (κ1) is 11.8. The Hall–Kier alpha value is -1.68. The fourth-order valence-electron chi connectivity index (χ4n) is 1.54. The molecule has 2 rings (SSSR count). The molecule has 2 N–H and O–H groups in total. The molecule has 1 aromatic heterocycles. The van der Waals surface area contributed by atoms with Crippen molar-refractivity contribution in [2.45, 2.75) is 26.3 Å². The molecule has 0 aliphatic rings. The molecule has 4 heteroatoms. The van der Waals surface area contributed by atoms with Gasteiger partial charge in [0.05, 0.1) is 6.04 Å². The van der Waals surface area contributed by atoms with E-state index in [1.54, 1.807) is 0 Å².